The predicted molar refractivity (Wildman–Crippen MR) is 40.0 cm³/mol. The van der Waals surface area contributed by atoms with Crippen molar-refractivity contribution in [2.75, 3.05) is 0 Å². The molecule has 0 unspecified atom stereocenters. The maximum absolute atomic E-state index is 10.6. The summed E-state index contributed by atoms with van der Waals surface area (Å²) >= 11 is 0. The average Bonchev–Trinajstić information content (AvgIpc) is 2.03. The van der Waals surface area contributed by atoms with Crippen LogP contribution in [-0.4, -0.2) is 11.9 Å². The van der Waals surface area contributed by atoms with Gasteiger partial charge in [-0.15, -0.1) is 0 Å². The third-order valence-corrected chi connectivity index (χ3v) is 2.35. The van der Waals surface area contributed by atoms with Crippen molar-refractivity contribution in [2.24, 2.45) is 11.8 Å². The summed E-state index contributed by atoms with van der Waals surface area (Å²) in [5.74, 6) is -4.48. The van der Waals surface area contributed by atoms with E-state index in [0.717, 1.165) is 5.57 Å². The minimum Gasteiger partial charge on any atom is -0.550 e. The Morgan fingerprint density at radius 2 is 1.85 bits per heavy atom. The van der Waals surface area contributed by atoms with Crippen molar-refractivity contribution in [1.29, 1.82) is 0 Å². The molecule has 1 rings (SSSR count). The van der Waals surface area contributed by atoms with Crippen LogP contribution in [0.1, 0.15) is 19.8 Å². The summed E-state index contributed by atoms with van der Waals surface area (Å²) in [6.07, 6.45) is 2.22. The van der Waals surface area contributed by atoms with Gasteiger partial charge in [0.05, 0.1) is 0 Å². The Hall–Kier alpha value is -1.32. The van der Waals surface area contributed by atoms with Crippen molar-refractivity contribution in [3.05, 3.63) is 11.6 Å². The fourth-order valence-electron chi connectivity index (χ4n) is 1.57. The van der Waals surface area contributed by atoms with Gasteiger partial charge in [0, 0.05) is 23.8 Å². The molecule has 4 heteroatoms. The molecule has 0 aromatic heterocycles. The highest BCUT2D eigenvalue weighted by atomic mass is 16.4. The summed E-state index contributed by atoms with van der Waals surface area (Å²) in [6.45, 7) is 1.78. The Morgan fingerprint density at radius 3 is 2.31 bits per heavy atom. The van der Waals surface area contributed by atoms with E-state index < -0.39 is 23.8 Å². The molecule has 0 N–H and O–H groups in total. The number of hydrogen-bond donors (Lipinski definition) is 0. The van der Waals surface area contributed by atoms with Gasteiger partial charge in [0.1, 0.15) is 0 Å². The molecule has 4 nitrogen and oxygen atoms in total. The maximum Gasteiger partial charge on any atom is 0.0455 e. The Bertz CT molecular complexity index is 267. The molecule has 0 aliphatic heterocycles. The van der Waals surface area contributed by atoms with Gasteiger partial charge in [0.2, 0.25) is 0 Å². The number of aliphatic carboxylic acids is 2. The lowest BCUT2D eigenvalue weighted by Gasteiger charge is -2.31. The standard InChI is InChI=1S/C9H12O4/c1-5-2-3-6(8(10)11)7(4-5)9(12)13/h2,6-7H,3-4H2,1H3,(H,10,11)(H,12,13)/p-2/t6-,7-/m1/s1. The Morgan fingerprint density at radius 1 is 1.31 bits per heavy atom. The van der Waals surface area contributed by atoms with Gasteiger partial charge in [0.15, 0.2) is 0 Å². The third kappa shape index (κ3) is 2.08. The number of carboxylic acids is 2. The molecule has 13 heavy (non-hydrogen) atoms. The summed E-state index contributed by atoms with van der Waals surface area (Å²) in [5.41, 5.74) is 0.895. The van der Waals surface area contributed by atoms with Crippen molar-refractivity contribution in [2.45, 2.75) is 19.8 Å². The molecule has 0 fully saturated rings. The van der Waals surface area contributed by atoms with E-state index in [1.165, 1.54) is 0 Å². The lowest BCUT2D eigenvalue weighted by Crippen LogP contribution is -2.45. The second kappa shape index (κ2) is 3.60. The normalized spacial score (nSPS) is 27.9. The molecule has 2 atom stereocenters. The molecule has 0 aromatic rings. The molecule has 0 aromatic carbocycles. The van der Waals surface area contributed by atoms with Gasteiger partial charge in [-0.3, -0.25) is 0 Å². The first-order valence-electron chi connectivity index (χ1n) is 4.09. The summed E-state index contributed by atoms with van der Waals surface area (Å²) in [6, 6.07) is 0. The Kier molecular flexibility index (Phi) is 2.70. The van der Waals surface area contributed by atoms with Crippen LogP contribution in [0.4, 0.5) is 0 Å². The first kappa shape index (κ1) is 9.77. The molecular weight excluding hydrogens is 172 g/mol. The zero-order valence-corrected chi connectivity index (χ0v) is 7.28. The number of carbonyl (C=O) groups is 2. The van der Waals surface area contributed by atoms with Gasteiger partial charge in [-0.1, -0.05) is 11.6 Å². The van der Waals surface area contributed by atoms with E-state index in [1.807, 2.05) is 0 Å². The van der Waals surface area contributed by atoms with Crippen molar-refractivity contribution in [3.8, 4) is 0 Å². The number of carbonyl (C=O) groups excluding carboxylic acids is 2. The highest BCUT2D eigenvalue weighted by Crippen LogP contribution is 2.28. The van der Waals surface area contributed by atoms with E-state index in [9.17, 15) is 19.8 Å². The molecule has 0 spiro atoms. The van der Waals surface area contributed by atoms with E-state index >= 15 is 0 Å². The lowest BCUT2D eigenvalue weighted by molar-refractivity contribution is -0.326. The number of hydrogen-bond acceptors (Lipinski definition) is 4. The van der Waals surface area contributed by atoms with Gasteiger partial charge in [-0.25, -0.2) is 0 Å². The molecule has 0 saturated heterocycles. The van der Waals surface area contributed by atoms with Crippen LogP contribution in [0, 0.1) is 11.8 Å². The second-order valence-electron chi connectivity index (χ2n) is 3.34. The molecular formula is C9H10O4-2. The van der Waals surface area contributed by atoms with E-state index in [0.29, 0.717) is 0 Å². The van der Waals surface area contributed by atoms with Crippen LogP contribution in [0.3, 0.4) is 0 Å². The summed E-state index contributed by atoms with van der Waals surface area (Å²) in [7, 11) is 0. The summed E-state index contributed by atoms with van der Waals surface area (Å²) in [5, 5.41) is 21.1. The fourth-order valence-corrected chi connectivity index (χ4v) is 1.57. The average molecular weight is 182 g/mol. The van der Waals surface area contributed by atoms with Crippen molar-refractivity contribution in [1.82, 2.24) is 0 Å². The van der Waals surface area contributed by atoms with Crippen LogP contribution in [0.15, 0.2) is 11.6 Å². The van der Waals surface area contributed by atoms with Crippen LogP contribution in [-0.2, 0) is 9.59 Å². The number of rotatable bonds is 2. The lowest BCUT2D eigenvalue weighted by atomic mass is 9.80. The number of carboxylic acid groups (broad SMARTS) is 2. The smallest absolute Gasteiger partial charge is 0.0455 e. The molecule has 0 saturated carbocycles. The minimum absolute atomic E-state index is 0.229. The van der Waals surface area contributed by atoms with Crippen LogP contribution >= 0.6 is 0 Å². The van der Waals surface area contributed by atoms with Crippen molar-refractivity contribution >= 4 is 11.9 Å². The highest BCUT2D eigenvalue weighted by Gasteiger charge is 2.26. The van der Waals surface area contributed by atoms with Gasteiger partial charge in [-0.2, -0.15) is 0 Å². The SMILES string of the molecule is CC1=CC[C@@H](C(=O)[O-])[C@H](C(=O)[O-])C1. The highest BCUT2D eigenvalue weighted by molar-refractivity contribution is 5.78. The zero-order valence-electron chi connectivity index (χ0n) is 7.28. The van der Waals surface area contributed by atoms with Gasteiger partial charge < -0.3 is 19.8 Å². The van der Waals surface area contributed by atoms with Crippen LogP contribution in [0.2, 0.25) is 0 Å². The van der Waals surface area contributed by atoms with E-state index in [1.54, 1.807) is 13.0 Å². The summed E-state index contributed by atoms with van der Waals surface area (Å²) in [4.78, 5) is 21.1. The zero-order chi connectivity index (χ0) is 10.0. The molecule has 0 radical (unpaired) electrons. The molecule has 0 amide bonds. The number of allylic oxidation sites excluding steroid dienone is 2. The fraction of sp³-hybridized carbons (Fsp3) is 0.556. The monoisotopic (exact) mass is 182 g/mol. The van der Waals surface area contributed by atoms with Crippen LogP contribution in [0.25, 0.3) is 0 Å². The Labute approximate surface area is 75.9 Å². The quantitative estimate of drug-likeness (QED) is 0.485. The third-order valence-electron chi connectivity index (χ3n) is 2.35. The summed E-state index contributed by atoms with van der Waals surface area (Å²) < 4.78 is 0. The van der Waals surface area contributed by atoms with Crippen LogP contribution in [0.5, 0.6) is 0 Å². The van der Waals surface area contributed by atoms with Crippen LogP contribution < -0.4 is 10.2 Å². The van der Waals surface area contributed by atoms with Crippen molar-refractivity contribution in [3.63, 3.8) is 0 Å². The van der Waals surface area contributed by atoms with Gasteiger partial charge in [0.25, 0.3) is 0 Å². The van der Waals surface area contributed by atoms with Gasteiger partial charge in [-0.05, 0) is 19.8 Å². The minimum atomic E-state index is -1.31. The van der Waals surface area contributed by atoms with Crippen molar-refractivity contribution < 1.29 is 19.8 Å². The first-order valence-corrected chi connectivity index (χ1v) is 4.09. The molecule has 72 valence electrons. The maximum atomic E-state index is 10.6. The predicted octanol–water partition coefficient (Wildman–Crippen LogP) is -1.54. The van der Waals surface area contributed by atoms with E-state index in [-0.39, 0.29) is 12.8 Å². The topological polar surface area (TPSA) is 80.3 Å². The molecule has 0 heterocycles. The largest absolute Gasteiger partial charge is 0.550 e. The van der Waals surface area contributed by atoms with Gasteiger partial charge >= 0.3 is 0 Å². The first-order chi connectivity index (χ1) is 6.02. The molecule has 1 aliphatic carbocycles. The van der Waals surface area contributed by atoms with E-state index in [4.69, 9.17) is 0 Å². The second-order valence-corrected chi connectivity index (χ2v) is 3.34. The molecule has 1 aliphatic rings. The molecule has 0 bridgehead atoms. The van der Waals surface area contributed by atoms with E-state index in [2.05, 4.69) is 0 Å². The Balaban J connectivity index is 2.83.